The van der Waals surface area contributed by atoms with Crippen molar-refractivity contribution in [1.82, 2.24) is 9.55 Å². The number of nitrogens with zero attached hydrogens (tertiary/aromatic N) is 3. The number of benzene rings is 8. The van der Waals surface area contributed by atoms with Gasteiger partial charge < -0.3 is 4.57 Å². The lowest BCUT2D eigenvalue weighted by Gasteiger charge is -2.19. The summed E-state index contributed by atoms with van der Waals surface area (Å²) in [5.41, 5.74) is 10.9. The quantitative estimate of drug-likeness (QED) is 0.178. The Morgan fingerprint density at radius 3 is 1.84 bits per heavy atom. The minimum absolute atomic E-state index is 0.651. The smallest absolute Gasteiger partial charge is 0.0991 e. The molecule has 3 heteroatoms. The number of rotatable bonds is 4. The Kier molecular flexibility index (Phi) is 6.56. The zero-order valence-electron chi connectivity index (χ0n) is 27.6. The second kappa shape index (κ2) is 11.6. The van der Waals surface area contributed by atoms with Crippen LogP contribution in [-0.4, -0.2) is 9.55 Å². The molecule has 0 bridgehead atoms. The van der Waals surface area contributed by atoms with Crippen LogP contribution in [0.3, 0.4) is 0 Å². The maximum absolute atomic E-state index is 9.88. The zero-order chi connectivity index (χ0) is 33.9. The first-order valence-corrected chi connectivity index (χ1v) is 17.2. The van der Waals surface area contributed by atoms with Gasteiger partial charge in [-0.15, -0.1) is 0 Å². The Morgan fingerprint density at radius 1 is 0.431 bits per heavy atom. The van der Waals surface area contributed by atoms with Gasteiger partial charge in [0, 0.05) is 34.4 Å². The fourth-order valence-corrected chi connectivity index (χ4v) is 7.96. The van der Waals surface area contributed by atoms with Gasteiger partial charge in [0.15, 0.2) is 0 Å². The summed E-state index contributed by atoms with van der Waals surface area (Å²) in [5.74, 6) is 0. The Bertz CT molecular complexity index is 3020. The molecule has 0 aliphatic heterocycles. The largest absolute Gasteiger partial charge is 0.309 e. The Hall–Kier alpha value is -7.02. The van der Waals surface area contributed by atoms with Gasteiger partial charge in [0.2, 0.25) is 0 Å². The predicted octanol–water partition coefficient (Wildman–Crippen LogP) is 12.5. The molecule has 10 rings (SSSR count). The molecule has 0 fully saturated rings. The highest BCUT2D eigenvalue weighted by molar-refractivity contribution is 6.23. The van der Waals surface area contributed by atoms with Crippen LogP contribution in [0.2, 0.25) is 0 Å². The summed E-state index contributed by atoms with van der Waals surface area (Å²) in [6, 6.07) is 60.7. The van der Waals surface area contributed by atoms with E-state index in [1.54, 1.807) is 0 Å². The molecule has 0 radical (unpaired) electrons. The van der Waals surface area contributed by atoms with Gasteiger partial charge in [-0.3, -0.25) is 4.98 Å². The van der Waals surface area contributed by atoms with E-state index in [0.29, 0.717) is 5.56 Å². The van der Waals surface area contributed by atoms with Crippen LogP contribution in [0.25, 0.3) is 93.2 Å². The molecule has 0 saturated carbocycles. The Balaban J connectivity index is 1.29. The second-order valence-corrected chi connectivity index (χ2v) is 13.1. The Labute approximate surface area is 294 Å². The minimum atomic E-state index is 0.651. The van der Waals surface area contributed by atoms with E-state index in [9.17, 15) is 5.26 Å². The molecule has 0 unspecified atom stereocenters. The van der Waals surface area contributed by atoms with Gasteiger partial charge in [0.1, 0.15) is 0 Å². The van der Waals surface area contributed by atoms with Gasteiger partial charge in [-0.05, 0) is 121 Å². The molecule has 0 aliphatic carbocycles. The molecular weight excluding hydrogens is 619 g/mol. The average Bonchev–Trinajstić information content (AvgIpc) is 3.53. The zero-order valence-corrected chi connectivity index (χ0v) is 27.6. The van der Waals surface area contributed by atoms with E-state index in [1.807, 2.05) is 36.7 Å². The SMILES string of the molecule is N#Cc1ccc2c(c1)c1cc(-c3c4ccccc4c(-c4cccnc4)c4cc(-c5ccc6ccccc6c5)ccc34)ccc1n2-c1ccccc1. The molecule has 0 atom stereocenters. The van der Waals surface area contributed by atoms with Crippen molar-refractivity contribution in [3.63, 3.8) is 0 Å². The van der Waals surface area contributed by atoms with Crippen LogP contribution in [0.1, 0.15) is 5.56 Å². The van der Waals surface area contributed by atoms with Crippen LogP contribution in [0, 0.1) is 11.3 Å². The number of hydrogen-bond donors (Lipinski definition) is 0. The number of aromatic nitrogens is 2. The van der Waals surface area contributed by atoms with Gasteiger partial charge in [0.25, 0.3) is 0 Å². The first kappa shape index (κ1) is 28.9. The van der Waals surface area contributed by atoms with E-state index in [4.69, 9.17) is 0 Å². The molecule has 2 heterocycles. The van der Waals surface area contributed by atoms with E-state index < -0.39 is 0 Å². The molecule has 2 aromatic heterocycles. The van der Waals surface area contributed by atoms with Crippen molar-refractivity contribution in [1.29, 1.82) is 5.26 Å². The number of fused-ring (bicyclic) bond motifs is 6. The third-order valence-corrected chi connectivity index (χ3v) is 10.3. The molecule has 0 spiro atoms. The molecule has 0 saturated heterocycles. The summed E-state index contributed by atoms with van der Waals surface area (Å²) in [5, 5.41) is 19.2. The van der Waals surface area contributed by atoms with Crippen LogP contribution in [0.15, 0.2) is 176 Å². The third kappa shape index (κ3) is 4.62. The van der Waals surface area contributed by atoms with Crippen molar-refractivity contribution in [2.45, 2.75) is 0 Å². The number of nitriles is 1. The van der Waals surface area contributed by atoms with Crippen LogP contribution < -0.4 is 0 Å². The van der Waals surface area contributed by atoms with Crippen LogP contribution in [0.4, 0.5) is 0 Å². The molecule has 10 aromatic rings. The molecule has 236 valence electrons. The molecule has 3 nitrogen and oxygen atoms in total. The highest BCUT2D eigenvalue weighted by atomic mass is 15.0. The number of hydrogen-bond acceptors (Lipinski definition) is 2. The number of para-hydroxylation sites is 1. The summed E-state index contributed by atoms with van der Waals surface area (Å²) in [6.45, 7) is 0. The van der Waals surface area contributed by atoms with Gasteiger partial charge >= 0.3 is 0 Å². The van der Waals surface area contributed by atoms with E-state index in [1.165, 1.54) is 54.6 Å². The maximum atomic E-state index is 9.88. The third-order valence-electron chi connectivity index (χ3n) is 10.3. The van der Waals surface area contributed by atoms with Gasteiger partial charge in [-0.25, -0.2) is 0 Å². The average molecular weight is 648 g/mol. The summed E-state index contributed by atoms with van der Waals surface area (Å²) >= 11 is 0. The Morgan fingerprint density at radius 2 is 1.06 bits per heavy atom. The predicted molar refractivity (Wildman–Crippen MR) is 212 cm³/mol. The lowest BCUT2D eigenvalue weighted by Crippen LogP contribution is -1.94. The van der Waals surface area contributed by atoms with Gasteiger partial charge in [-0.2, -0.15) is 5.26 Å². The fourth-order valence-electron chi connectivity index (χ4n) is 7.96. The number of pyridine rings is 1. The van der Waals surface area contributed by atoms with Crippen molar-refractivity contribution < 1.29 is 0 Å². The monoisotopic (exact) mass is 647 g/mol. The second-order valence-electron chi connectivity index (χ2n) is 13.1. The van der Waals surface area contributed by atoms with Crippen molar-refractivity contribution in [2.75, 3.05) is 0 Å². The lowest BCUT2D eigenvalue weighted by molar-refractivity contribution is 1.18. The summed E-state index contributed by atoms with van der Waals surface area (Å²) in [6.07, 6.45) is 3.81. The highest BCUT2D eigenvalue weighted by Gasteiger charge is 2.20. The van der Waals surface area contributed by atoms with Crippen LogP contribution >= 0.6 is 0 Å². The van der Waals surface area contributed by atoms with Crippen LogP contribution in [-0.2, 0) is 0 Å². The van der Waals surface area contributed by atoms with E-state index in [0.717, 1.165) is 38.6 Å². The molecular formula is C48H29N3. The minimum Gasteiger partial charge on any atom is -0.309 e. The van der Waals surface area contributed by atoms with Gasteiger partial charge in [-0.1, -0.05) is 103 Å². The highest BCUT2D eigenvalue weighted by Crippen LogP contribution is 2.46. The van der Waals surface area contributed by atoms with E-state index in [-0.39, 0.29) is 0 Å². The summed E-state index contributed by atoms with van der Waals surface area (Å²) < 4.78 is 2.30. The molecule has 0 N–H and O–H groups in total. The van der Waals surface area contributed by atoms with E-state index in [2.05, 4.69) is 155 Å². The van der Waals surface area contributed by atoms with Crippen molar-refractivity contribution in [3.8, 4) is 45.1 Å². The standard InChI is InChI=1S/C48H29N3/c49-29-31-16-22-45-42(25-31)43-28-36(20-23-46(43)51(45)38-12-2-1-3-13-38)47-39-14-6-7-15-40(39)48(37-11-8-24-50-30-37)44-27-35(19-21-41(44)47)34-18-17-32-9-4-5-10-33(32)26-34/h1-28,30H. The lowest BCUT2D eigenvalue weighted by atomic mass is 9.85. The van der Waals surface area contributed by atoms with Crippen LogP contribution in [0.5, 0.6) is 0 Å². The van der Waals surface area contributed by atoms with E-state index >= 15 is 0 Å². The normalized spacial score (nSPS) is 11.5. The first-order chi connectivity index (χ1) is 25.2. The first-order valence-electron chi connectivity index (χ1n) is 17.2. The summed E-state index contributed by atoms with van der Waals surface area (Å²) in [7, 11) is 0. The van der Waals surface area contributed by atoms with Crippen molar-refractivity contribution in [3.05, 3.63) is 182 Å². The van der Waals surface area contributed by atoms with Crippen molar-refractivity contribution in [2.24, 2.45) is 0 Å². The fraction of sp³-hybridized carbons (Fsp3) is 0. The summed E-state index contributed by atoms with van der Waals surface area (Å²) in [4.78, 5) is 4.55. The maximum Gasteiger partial charge on any atom is 0.0991 e. The van der Waals surface area contributed by atoms with Crippen molar-refractivity contribution >= 4 is 54.1 Å². The molecule has 51 heavy (non-hydrogen) atoms. The molecule has 0 amide bonds. The molecule has 8 aromatic carbocycles. The van der Waals surface area contributed by atoms with Gasteiger partial charge in [0.05, 0.1) is 22.7 Å². The topological polar surface area (TPSA) is 41.6 Å². The molecule has 0 aliphatic rings.